The molecule has 0 saturated carbocycles. The molecule has 0 atom stereocenters. The number of rotatable bonds is 8. The molecule has 1 aliphatic heterocycles. The second-order valence-electron chi connectivity index (χ2n) is 17.6. The van der Waals surface area contributed by atoms with E-state index in [1.54, 1.807) is 120 Å². The number of carboxylic acid groups (broad SMARTS) is 1. The maximum absolute atomic E-state index is 11.0. The smallest absolute Gasteiger partial charge is 0.619 e. The van der Waals surface area contributed by atoms with E-state index >= 15 is 0 Å². The molecule has 436 valence electrons. The molecule has 0 radical (unpaired) electrons. The van der Waals surface area contributed by atoms with Crippen molar-refractivity contribution in [2.24, 2.45) is 10.5 Å². The number of carbonyl (C=O) groups is 1. The maximum atomic E-state index is 11.0. The fourth-order valence-corrected chi connectivity index (χ4v) is 7.26. The average Bonchev–Trinajstić information content (AvgIpc) is 2.97. The minimum absolute atomic E-state index is 0. The molecule has 1 fully saturated rings. The number of nitriles is 2. The Morgan fingerprint density at radius 3 is 1.59 bits per heavy atom. The maximum Gasteiger partial charge on any atom is 1.00 e. The minimum atomic E-state index is -1.33. The van der Waals surface area contributed by atoms with Gasteiger partial charge in [-0.25, -0.2) is 25.6 Å². The molecule has 1 aliphatic rings. The molecule has 5 aromatic carbocycles. The molecular formula is C61H67N12NaO10Si. The SMILES string of the molecule is C1CCOC1.COc1cccc2c(C#N)nccc12.COc1cccc2c(C(=O)O)nccc12.COc1cccc2c[n+]([O-])ccc12.COc1cccc2cnccc12.C[Si](C)(C)C#N.Oc1cccc2cnccc12.[2H]CC.[N-]=NNNN=O.[Na+]. The summed E-state index contributed by atoms with van der Waals surface area (Å²) in [6, 6.07) is 38.9. The van der Waals surface area contributed by atoms with Crippen molar-refractivity contribution >= 4 is 67.9 Å². The Morgan fingerprint density at radius 1 is 0.682 bits per heavy atom. The zero-order chi connectivity index (χ0) is 62.4. The zero-order valence-corrected chi connectivity index (χ0v) is 51.8. The van der Waals surface area contributed by atoms with Crippen LogP contribution in [0.2, 0.25) is 19.6 Å². The van der Waals surface area contributed by atoms with Crippen LogP contribution in [0.4, 0.5) is 0 Å². The summed E-state index contributed by atoms with van der Waals surface area (Å²) in [6.07, 6.45) is 15.6. The number of pyridine rings is 5. The summed E-state index contributed by atoms with van der Waals surface area (Å²) >= 11 is 0. The molecular weight excluding hydrogens is 1110 g/mol. The van der Waals surface area contributed by atoms with Gasteiger partial charge < -0.3 is 50.2 Å². The van der Waals surface area contributed by atoms with Gasteiger partial charge in [-0.05, 0) is 73.5 Å². The van der Waals surface area contributed by atoms with Gasteiger partial charge in [0, 0.05) is 112 Å². The van der Waals surface area contributed by atoms with Crippen molar-refractivity contribution in [1.82, 2.24) is 31.0 Å². The van der Waals surface area contributed by atoms with Crippen molar-refractivity contribution in [2.45, 2.75) is 46.3 Å². The molecule has 0 amide bonds. The fourth-order valence-electron chi connectivity index (χ4n) is 7.26. The van der Waals surface area contributed by atoms with Crippen molar-refractivity contribution in [3.63, 3.8) is 0 Å². The van der Waals surface area contributed by atoms with Crippen LogP contribution in [0.5, 0.6) is 28.7 Å². The Hall–Kier alpha value is -9.62. The molecule has 85 heavy (non-hydrogen) atoms. The molecule has 0 spiro atoms. The summed E-state index contributed by atoms with van der Waals surface area (Å²) < 4.78 is 32.6. The number of hydrogen-bond donors (Lipinski definition) is 4. The number of aromatic hydroxyl groups is 1. The van der Waals surface area contributed by atoms with E-state index in [1.807, 2.05) is 98.6 Å². The van der Waals surface area contributed by atoms with Gasteiger partial charge in [0.1, 0.15) is 40.5 Å². The van der Waals surface area contributed by atoms with Crippen LogP contribution in [0.1, 0.15) is 44.2 Å². The van der Waals surface area contributed by atoms with Crippen LogP contribution in [0.25, 0.3) is 59.4 Å². The number of aromatic nitrogens is 5. The number of carboxylic acids is 1. The molecule has 0 unspecified atom stereocenters. The number of phenolic OH excluding ortho intramolecular Hbond substituents is 1. The minimum Gasteiger partial charge on any atom is -0.619 e. The Kier molecular flexibility index (Phi) is 32.6. The van der Waals surface area contributed by atoms with Crippen LogP contribution in [0, 0.1) is 32.4 Å². The van der Waals surface area contributed by atoms with Crippen LogP contribution < -0.4 is 64.3 Å². The summed E-state index contributed by atoms with van der Waals surface area (Å²) in [5.41, 5.74) is 13.4. The van der Waals surface area contributed by atoms with Crippen molar-refractivity contribution in [2.75, 3.05) is 41.7 Å². The number of hydrazine groups is 1. The van der Waals surface area contributed by atoms with Gasteiger partial charge in [0.25, 0.3) is 0 Å². The van der Waals surface area contributed by atoms with E-state index in [0.29, 0.717) is 29.5 Å². The quantitative estimate of drug-likeness (QED) is 0.0209. The molecule has 24 heteroatoms. The van der Waals surface area contributed by atoms with Crippen LogP contribution in [0.15, 0.2) is 181 Å². The van der Waals surface area contributed by atoms with Crippen molar-refractivity contribution in [3.8, 4) is 40.5 Å². The molecule has 0 aliphatic carbocycles. The van der Waals surface area contributed by atoms with Gasteiger partial charge in [-0.2, -0.15) is 9.99 Å². The van der Waals surface area contributed by atoms with Crippen molar-refractivity contribution in [3.05, 3.63) is 198 Å². The summed E-state index contributed by atoms with van der Waals surface area (Å²) in [5, 5.41) is 59.6. The topological polar surface area (TPSA) is 318 Å². The average molecular weight is 1180 g/mol. The summed E-state index contributed by atoms with van der Waals surface area (Å²) in [7, 11) is 5.13. The number of benzene rings is 5. The number of nitrogens with one attached hydrogen (secondary N) is 2. The van der Waals surface area contributed by atoms with Gasteiger partial charge in [-0.1, -0.05) is 88.1 Å². The van der Waals surface area contributed by atoms with Crippen LogP contribution in [-0.4, -0.2) is 85.8 Å². The number of aromatic carboxylic acids is 1. The Morgan fingerprint density at radius 2 is 1.13 bits per heavy atom. The third-order valence-electron chi connectivity index (χ3n) is 11.1. The largest absolute Gasteiger partial charge is 1.00 e. The fraction of sp³-hybridized carbons (Fsp3) is 0.213. The van der Waals surface area contributed by atoms with Crippen LogP contribution in [-0.2, 0) is 4.74 Å². The molecule has 10 aromatic rings. The number of fused-ring (bicyclic) bond motifs is 5. The molecule has 4 N–H and O–H groups in total. The first-order valence-corrected chi connectivity index (χ1v) is 29.1. The molecule has 0 bridgehead atoms. The molecule has 6 heterocycles. The van der Waals surface area contributed by atoms with E-state index in [1.165, 1.54) is 31.4 Å². The van der Waals surface area contributed by atoms with Gasteiger partial charge in [0.05, 0.1) is 39.1 Å². The van der Waals surface area contributed by atoms with Gasteiger partial charge in [0.15, 0.2) is 26.2 Å². The van der Waals surface area contributed by atoms with E-state index in [0.717, 1.165) is 83.7 Å². The second-order valence-corrected chi connectivity index (χ2v) is 22.4. The molecule has 1 saturated heterocycles. The Bertz CT molecular complexity index is 3750. The molecule has 11 rings (SSSR count). The van der Waals surface area contributed by atoms with Crippen LogP contribution in [0.3, 0.4) is 0 Å². The first kappa shape index (κ1) is 69.6. The predicted molar refractivity (Wildman–Crippen MR) is 328 cm³/mol. The number of hydrogen-bond acceptors (Lipinski definition) is 17. The Balaban J connectivity index is 0.000000340. The standard InChI is InChI=1S/C11H8N2O.C11H9NO3.C10H9NO2.C10H9NO.C9H7NO.C4H9NSi.C4H8O.C2H6.H2N5O.Na/c1-14-11-4-2-3-8-9(11)5-6-13-10(8)7-12;1-15-9-4-2-3-8-7(9)5-6-12-10(8)11(13)14;1-13-10-4-2-3-8-7-11(12)6-5-9(8)10;1-12-10-4-2-3-8-7-11-6-5-9(8)10;11-9-3-1-2-7-6-10-5-4-8(7)9;1-6(2,3)4-5;1-2-4-5-3-1;1-2;1-2-3-4-5-6;/h2-6H,1H3;2-6H,1H3,(H,13,14);2-7H,1H3;2-7H,1H3;1-6,11H;1-3H3;1-4H2;1-2H3;(H2-,1,2,3,4,5,6);/q;;;;;;;;-1;+1/i;;;;;;;1D;;. The van der Waals surface area contributed by atoms with Crippen LogP contribution >= 0.6 is 0 Å². The summed E-state index contributed by atoms with van der Waals surface area (Å²) in [4.78, 5) is 35.7. The van der Waals surface area contributed by atoms with Crippen molar-refractivity contribution in [1.29, 1.82) is 10.5 Å². The second kappa shape index (κ2) is 39.7. The first-order chi connectivity index (χ1) is 41.1. The van der Waals surface area contributed by atoms with E-state index < -0.39 is 14.0 Å². The van der Waals surface area contributed by atoms with Gasteiger partial charge in [-0.3, -0.25) is 15.2 Å². The predicted octanol–water partition coefficient (Wildman–Crippen LogP) is 9.64. The van der Waals surface area contributed by atoms with E-state index in [4.69, 9.17) is 51.1 Å². The summed E-state index contributed by atoms with van der Waals surface area (Å²) in [5.74, 6) is 2.38. The van der Waals surface area contributed by atoms with Crippen molar-refractivity contribution < 1.29 is 74.4 Å². The van der Waals surface area contributed by atoms with Gasteiger partial charge in [0.2, 0.25) is 0 Å². The summed E-state index contributed by atoms with van der Waals surface area (Å²) in [6.45, 7) is 10.4. The number of ether oxygens (including phenoxy) is 5. The van der Waals surface area contributed by atoms with Gasteiger partial charge in [-0.15, -0.1) is 4.91 Å². The Labute approximate surface area is 517 Å². The first-order valence-electron chi connectivity index (χ1n) is 26.3. The monoisotopic (exact) mass is 1180 g/mol. The van der Waals surface area contributed by atoms with E-state index in [-0.39, 0.29) is 35.3 Å². The zero-order valence-electron chi connectivity index (χ0n) is 49.8. The molecule has 5 aromatic heterocycles. The number of phenols is 1. The van der Waals surface area contributed by atoms with Gasteiger partial charge >= 0.3 is 35.5 Å². The normalized spacial score (nSPS) is 10.5. The van der Waals surface area contributed by atoms with E-state index in [9.17, 15) is 15.1 Å². The number of methoxy groups -OCH3 is 4. The third-order valence-corrected chi connectivity index (χ3v) is 11.8. The van der Waals surface area contributed by atoms with E-state index in [2.05, 4.69) is 42.2 Å². The molecule has 22 nitrogen and oxygen atoms in total. The third kappa shape index (κ3) is 23.6. The number of nitrogens with zero attached hydrogens (tertiary/aromatic N) is 10. The number of nitroso groups, excluding NO2 is 1.